The van der Waals surface area contributed by atoms with Gasteiger partial charge in [-0.3, -0.25) is 14.5 Å². The molecule has 2 amide bonds. The third-order valence-electron chi connectivity index (χ3n) is 5.83. The van der Waals surface area contributed by atoms with Crippen molar-refractivity contribution in [3.8, 4) is 11.5 Å². The molecule has 1 aliphatic heterocycles. The summed E-state index contributed by atoms with van der Waals surface area (Å²) in [6.07, 6.45) is 1.66. The van der Waals surface area contributed by atoms with Gasteiger partial charge in [-0.25, -0.2) is 0 Å². The monoisotopic (exact) mass is 555 g/mol. The van der Waals surface area contributed by atoms with Crippen LogP contribution < -0.4 is 9.47 Å². The second-order valence-corrected chi connectivity index (χ2v) is 10.8. The number of thioether (sulfide) groups is 1. The average Bonchev–Trinajstić information content (AvgIpc) is 3.11. The molecule has 5 nitrogen and oxygen atoms in total. The largest absolute Gasteiger partial charge is 0.491 e. The summed E-state index contributed by atoms with van der Waals surface area (Å²) in [5, 5.41) is 0.696. The Morgan fingerprint density at radius 3 is 2.46 bits per heavy atom. The van der Waals surface area contributed by atoms with Crippen LogP contribution in [0.1, 0.15) is 42.0 Å². The summed E-state index contributed by atoms with van der Waals surface area (Å²) in [4.78, 5) is 27.0. The molecule has 0 N–H and O–H groups in total. The molecule has 192 valence electrons. The highest BCUT2D eigenvalue weighted by molar-refractivity contribution is 8.18. The molecule has 3 aromatic carbocycles. The molecule has 0 radical (unpaired) electrons. The summed E-state index contributed by atoms with van der Waals surface area (Å²) < 4.78 is 11.8. The van der Waals surface area contributed by atoms with E-state index >= 15 is 0 Å². The molecule has 0 unspecified atom stereocenters. The van der Waals surface area contributed by atoms with Gasteiger partial charge in [-0.1, -0.05) is 73.4 Å². The van der Waals surface area contributed by atoms with Crippen LogP contribution in [0.15, 0.2) is 65.6 Å². The average molecular weight is 557 g/mol. The molecule has 1 heterocycles. The number of nitrogens with zero attached hydrogens (tertiary/aromatic N) is 1. The lowest BCUT2D eigenvalue weighted by Crippen LogP contribution is -2.32. The third-order valence-corrected chi connectivity index (χ3v) is 7.40. The van der Waals surface area contributed by atoms with E-state index in [-0.39, 0.29) is 30.9 Å². The summed E-state index contributed by atoms with van der Waals surface area (Å²) in [5.74, 6) is 1.24. The summed E-state index contributed by atoms with van der Waals surface area (Å²) in [5.41, 5.74) is 3.73. The highest BCUT2D eigenvalue weighted by Gasteiger charge is 2.34. The number of amides is 2. The molecule has 1 saturated heterocycles. The summed E-state index contributed by atoms with van der Waals surface area (Å²) >= 11 is 13.5. The Morgan fingerprint density at radius 2 is 1.73 bits per heavy atom. The van der Waals surface area contributed by atoms with Gasteiger partial charge in [0.2, 0.25) is 0 Å². The Labute approximate surface area is 231 Å². The maximum absolute atomic E-state index is 12.9. The van der Waals surface area contributed by atoms with Crippen LogP contribution in [0, 0.1) is 6.92 Å². The fraction of sp³-hybridized carbons (Fsp3) is 0.241. The van der Waals surface area contributed by atoms with Crippen LogP contribution in [0.3, 0.4) is 0 Å². The Kier molecular flexibility index (Phi) is 8.85. The number of aryl methyl sites for hydroxylation is 1. The second-order valence-electron chi connectivity index (χ2n) is 8.95. The Morgan fingerprint density at radius 1 is 0.946 bits per heavy atom. The molecular formula is C29H27Cl2NO4S. The molecule has 3 aromatic rings. The second kappa shape index (κ2) is 12.1. The maximum atomic E-state index is 12.9. The number of hydrogen-bond donors (Lipinski definition) is 0. The van der Waals surface area contributed by atoms with Crippen LogP contribution >= 0.6 is 35.0 Å². The molecule has 0 aromatic heterocycles. The van der Waals surface area contributed by atoms with Crippen LogP contribution in [0.5, 0.6) is 11.5 Å². The molecule has 37 heavy (non-hydrogen) atoms. The van der Waals surface area contributed by atoms with Gasteiger partial charge in [0.1, 0.15) is 24.7 Å². The van der Waals surface area contributed by atoms with Gasteiger partial charge in [-0.2, -0.15) is 0 Å². The van der Waals surface area contributed by atoms with E-state index in [2.05, 4.69) is 19.9 Å². The van der Waals surface area contributed by atoms with Crippen molar-refractivity contribution in [3.05, 3.63) is 97.9 Å². The fourth-order valence-corrected chi connectivity index (χ4v) is 5.13. The van der Waals surface area contributed by atoms with Crippen molar-refractivity contribution >= 4 is 52.2 Å². The van der Waals surface area contributed by atoms with Gasteiger partial charge >= 0.3 is 0 Å². The lowest BCUT2D eigenvalue weighted by molar-refractivity contribution is -0.123. The minimum absolute atomic E-state index is 0.170. The first-order valence-electron chi connectivity index (χ1n) is 11.9. The smallest absolute Gasteiger partial charge is 0.293 e. The number of carbonyl (C=O) groups excluding carboxylic acids is 2. The normalized spacial score (nSPS) is 14.6. The minimum Gasteiger partial charge on any atom is -0.491 e. The zero-order valence-corrected chi connectivity index (χ0v) is 23.1. The molecule has 1 fully saturated rings. The molecule has 1 aliphatic rings. The van der Waals surface area contributed by atoms with Crippen molar-refractivity contribution in [1.29, 1.82) is 0 Å². The van der Waals surface area contributed by atoms with E-state index < -0.39 is 0 Å². The van der Waals surface area contributed by atoms with Crippen LogP contribution in [0.4, 0.5) is 4.79 Å². The zero-order chi connectivity index (χ0) is 26.5. The number of benzene rings is 3. The number of carbonyl (C=O) groups is 2. The predicted molar refractivity (Wildman–Crippen MR) is 151 cm³/mol. The summed E-state index contributed by atoms with van der Waals surface area (Å²) in [6, 6.07) is 18.7. The number of hydrogen-bond acceptors (Lipinski definition) is 5. The standard InChI is InChI=1S/C29H27Cl2NO4S/c1-18(2)22-10-8-19(3)14-26(22)35-13-12-32-28(33)27(37-29(32)34)16-20-9-11-25(24(31)15-20)36-17-21-6-4-5-7-23(21)30/h4-11,14-16,18H,12-13,17H2,1-3H3/b27-16-. The number of ether oxygens (including phenoxy) is 2. The highest BCUT2D eigenvalue weighted by Crippen LogP contribution is 2.34. The molecule has 0 saturated carbocycles. The number of halogens is 2. The number of rotatable bonds is 9. The lowest BCUT2D eigenvalue weighted by Gasteiger charge is -2.17. The molecular weight excluding hydrogens is 529 g/mol. The van der Waals surface area contributed by atoms with Crippen molar-refractivity contribution in [3.63, 3.8) is 0 Å². The van der Waals surface area contributed by atoms with Gasteiger partial charge in [0.25, 0.3) is 11.1 Å². The first-order valence-corrected chi connectivity index (χ1v) is 13.4. The van der Waals surface area contributed by atoms with E-state index in [0.29, 0.717) is 32.2 Å². The van der Waals surface area contributed by atoms with E-state index in [1.807, 2.05) is 37.3 Å². The van der Waals surface area contributed by atoms with Crippen molar-refractivity contribution < 1.29 is 19.1 Å². The fourth-order valence-electron chi connectivity index (χ4n) is 3.83. The van der Waals surface area contributed by atoms with Crippen molar-refractivity contribution in [2.75, 3.05) is 13.2 Å². The van der Waals surface area contributed by atoms with Gasteiger partial charge in [-0.15, -0.1) is 0 Å². The molecule has 0 bridgehead atoms. The van der Waals surface area contributed by atoms with Gasteiger partial charge in [0, 0.05) is 10.6 Å². The van der Waals surface area contributed by atoms with Gasteiger partial charge in [-0.05, 0) is 71.6 Å². The lowest BCUT2D eigenvalue weighted by atomic mass is 10.0. The Hall–Kier alpha value is -2.93. The molecule has 0 atom stereocenters. The molecule has 0 aliphatic carbocycles. The third kappa shape index (κ3) is 6.69. The van der Waals surface area contributed by atoms with Gasteiger partial charge < -0.3 is 9.47 Å². The Bertz CT molecular complexity index is 1360. The summed E-state index contributed by atoms with van der Waals surface area (Å²) in [7, 11) is 0. The van der Waals surface area contributed by atoms with Gasteiger partial charge in [0.15, 0.2) is 0 Å². The van der Waals surface area contributed by atoms with Crippen LogP contribution in [-0.4, -0.2) is 29.2 Å². The van der Waals surface area contributed by atoms with E-state index in [4.69, 9.17) is 32.7 Å². The predicted octanol–water partition coefficient (Wildman–Crippen LogP) is 8.12. The summed E-state index contributed by atoms with van der Waals surface area (Å²) in [6.45, 7) is 6.87. The van der Waals surface area contributed by atoms with Gasteiger partial charge in [0.05, 0.1) is 16.5 Å². The van der Waals surface area contributed by atoms with E-state index in [9.17, 15) is 9.59 Å². The topological polar surface area (TPSA) is 55.8 Å². The molecule has 4 rings (SSSR count). The Balaban J connectivity index is 1.38. The maximum Gasteiger partial charge on any atom is 0.293 e. The van der Waals surface area contributed by atoms with Crippen LogP contribution in [-0.2, 0) is 11.4 Å². The molecule has 8 heteroatoms. The van der Waals surface area contributed by atoms with E-state index in [0.717, 1.165) is 34.2 Å². The van der Waals surface area contributed by atoms with Crippen molar-refractivity contribution in [2.45, 2.75) is 33.3 Å². The number of imide groups is 1. The minimum atomic E-state index is -0.345. The van der Waals surface area contributed by atoms with E-state index in [1.54, 1.807) is 30.3 Å². The van der Waals surface area contributed by atoms with Crippen LogP contribution in [0.25, 0.3) is 6.08 Å². The first-order chi connectivity index (χ1) is 17.7. The zero-order valence-electron chi connectivity index (χ0n) is 20.8. The quantitative estimate of drug-likeness (QED) is 0.249. The van der Waals surface area contributed by atoms with E-state index in [1.165, 1.54) is 4.90 Å². The van der Waals surface area contributed by atoms with Crippen molar-refractivity contribution in [2.24, 2.45) is 0 Å². The van der Waals surface area contributed by atoms with Crippen molar-refractivity contribution in [1.82, 2.24) is 4.90 Å². The van der Waals surface area contributed by atoms with Crippen LogP contribution in [0.2, 0.25) is 10.0 Å². The first kappa shape index (κ1) is 27.1. The SMILES string of the molecule is Cc1ccc(C(C)C)c(OCCN2C(=O)S/C(=C\c3ccc(OCc4ccccc4Cl)c(Cl)c3)C2=O)c1. The molecule has 0 spiro atoms. The highest BCUT2D eigenvalue weighted by atomic mass is 35.5.